The normalized spacial score (nSPS) is 11.1. The van der Waals surface area contributed by atoms with Crippen LogP contribution in [0.1, 0.15) is 37.0 Å². The van der Waals surface area contributed by atoms with Gasteiger partial charge in [0.15, 0.2) is 5.82 Å². The quantitative estimate of drug-likeness (QED) is 0.447. The van der Waals surface area contributed by atoms with Crippen LogP contribution in [0.3, 0.4) is 0 Å². The standard InChI is InChI=1S/C20H21N5O4/c1-20(2,3)19(28)29-13-4-5-14(15(26)10-13)18(27)22-11-16-23-17(25-24-16)12-6-8-21-9-7-12/h4-10,26H,11H2,1-3H3,(H,22,27)(H,23,24,25). The van der Waals surface area contributed by atoms with Crippen LogP contribution in [0.15, 0.2) is 42.7 Å². The van der Waals surface area contributed by atoms with Crippen LogP contribution >= 0.6 is 0 Å². The molecule has 0 spiro atoms. The maximum absolute atomic E-state index is 12.4. The number of hydrogen-bond acceptors (Lipinski definition) is 7. The fraction of sp³-hybridized carbons (Fsp3) is 0.250. The van der Waals surface area contributed by atoms with E-state index in [1.54, 1.807) is 45.3 Å². The van der Waals surface area contributed by atoms with Crippen molar-refractivity contribution in [1.82, 2.24) is 25.5 Å². The minimum atomic E-state index is -0.683. The molecule has 2 aromatic heterocycles. The SMILES string of the molecule is CC(C)(C)C(=O)Oc1ccc(C(=O)NCc2nc(-c3ccncc3)n[nH]2)c(O)c1. The monoisotopic (exact) mass is 395 g/mol. The van der Waals surface area contributed by atoms with Gasteiger partial charge in [0.25, 0.3) is 5.91 Å². The molecule has 1 aromatic carbocycles. The zero-order valence-corrected chi connectivity index (χ0v) is 16.3. The highest BCUT2D eigenvalue weighted by molar-refractivity contribution is 5.97. The molecule has 1 amide bonds. The molecule has 3 N–H and O–H groups in total. The topological polar surface area (TPSA) is 130 Å². The first kappa shape index (κ1) is 20.0. The number of aromatic hydroxyl groups is 1. The van der Waals surface area contributed by atoms with Crippen molar-refractivity contribution in [2.45, 2.75) is 27.3 Å². The summed E-state index contributed by atoms with van der Waals surface area (Å²) >= 11 is 0. The fourth-order valence-electron chi connectivity index (χ4n) is 2.29. The van der Waals surface area contributed by atoms with Crippen molar-refractivity contribution in [3.8, 4) is 22.9 Å². The third kappa shape index (κ3) is 4.95. The average Bonchev–Trinajstić information content (AvgIpc) is 3.15. The minimum Gasteiger partial charge on any atom is -0.507 e. The third-order valence-corrected chi connectivity index (χ3v) is 3.92. The fourth-order valence-corrected chi connectivity index (χ4v) is 2.29. The number of benzene rings is 1. The number of nitrogens with zero attached hydrogens (tertiary/aromatic N) is 3. The molecule has 3 rings (SSSR count). The molecule has 29 heavy (non-hydrogen) atoms. The Labute approximate surface area is 167 Å². The van der Waals surface area contributed by atoms with Gasteiger partial charge >= 0.3 is 5.97 Å². The van der Waals surface area contributed by atoms with E-state index in [2.05, 4.69) is 25.5 Å². The van der Waals surface area contributed by atoms with Gasteiger partial charge in [0, 0.05) is 24.0 Å². The first-order valence-electron chi connectivity index (χ1n) is 8.89. The largest absolute Gasteiger partial charge is 0.507 e. The van der Waals surface area contributed by atoms with Gasteiger partial charge in [0.1, 0.15) is 17.3 Å². The lowest BCUT2D eigenvalue weighted by atomic mass is 9.97. The number of phenols is 1. The number of H-pyrrole nitrogens is 1. The molecule has 0 aliphatic carbocycles. The zero-order chi connectivity index (χ0) is 21.0. The Balaban J connectivity index is 1.62. The summed E-state index contributed by atoms with van der Waals surface area (Å²) in [7, 11) is 0. The minimum absolute atomic E-state index is 0.0504. The van der Waals surface area contributed by atoms with Crippen LogP contribution in [0.2, 0.25) is 0 Å². The maximum atomic E-state index is 12.4. The number of hydrogen-bond donors (Lipinski definition) is 3. The van der Waals surface area contributed by atoms with E-state index in [0.29, 0.717) is 11.6 Å². The molecule has 0 saturated heterocycles. The van der Waals surface area contributed by atoms with Gasteiger partial charge in [0.2, 0.25) is 0 Å². The average molecular weight is 395 g/mol. The lowest BCUT2D eigenvalue weighted by Gasteiger charge is -2.16. The van der Waals surface area contributed by atoms with Crippen molar-refractivity contribution in [3.63, 3.8) is 0 Å². The highest BCUT2D eigenvalue weighted by Crippen LogP contribution is 2.26. The Kier molecular flexibility index (Phi) is 5.58. The molecule has 3 aromatic rings. The molecule has 9 nitrogen and oxygen atoms in total. The summed E-state index contributed by atoms with van der Waals surface area (Å²) in [4.78, 5) is 32.5. The van der Waals surface area contributed by atoms with Crippen molar-refractivity contribution in [2.75, 3.05) is 0 Å². The van der Waals surface area contributed by atoms with Crippen molar-refractivity contribution in [3.05, 3.63) is 54.1 Å². The number of carbonyl (C=O) groups excluding carboxylic acids is 2. The summed E-state index contributed by atoms with van der Waals surface area (Å²) < 4.78 is 5.21. The number of amides is 1. The van der Waals surface area contributed by atoms with Crippen LogP contribution < -0.4 is 10.1 Å². The molecule has 2 heterocycles. The number of nitrogens with one attached hydrogen (secondary N) is 2. The molecule has 0 fully saturated rings. The predicted molar refractivity (Wildman–Crippen MR) is 104 cm³/mol. The van der Waals surface area contributed by atoms with Gasteiger partial charge in [-0.05, 0) is 45.0 Å². The van der Waals surface area contributed by atoms with Gasteiger partial charge in [-0.15, -0.1) is 0 Å². The van der Waals surface area contributed by atoms with Crippen molar-refractivity contribution in [1.29, 1.82) is 0 Å². The maximum Gasteiger partial charge on any atom is 0.316 e. The summed E-state index contributed by atoms with van der Waals surface area (Å²) in [5.41, 5.74) is 0.166. The van der Waals surface area contributed by atoms with Crippen LogP contribution in [0.5, 0.6) is 11.5 Å². The van der Waals surface area contributed by atoms with Gasteiger partial charge in [-0.25, -0.2) is 4.98 Å². The highest BCUT2D eigenvalue weighted by atomic mass is 16.5. The molecule has 0 atom stereocenters. The number of rotatable bonds is 5. The molecule has 0 aliphatic rings. The van der Waals surface area contributed by atoms with Gasteiger partial charge in [-0.1, -0.05) is 0 Å². The molecular formula is C20H21N5O4. The Bertz CT molecular complexity index is 1020. The number of aromatic amines is 1. The molecular weight excluding hydrogens is 374 g/mol. The van der Waals surface area contributed by atoms with Crippen LogP contribution in [0.25, 0.3) is 11.4 Å². The number of pyridine rings is 1. The molecule has 0 aliphatic heterocycles. The van der Waals surface area contributed by atoms with E-state index in [1.807, 2.05) is 0 Å². The third-order valence-electron chi connectivity index (χ3n) is 3.92. The lowest BCUT2D eigenvalue weighted by Crippen LogP contribution is -2.26. The van der Waals surface area contributed by atoms with E-state index in [0.717, 1.165) is 5.56 Å². The number of aromatic nitrogens is 4. The number of carbonyl (C=O) groups is 2. The summed E-state index contributed by atoms with van der Waals surface area (Å²) in [6.45, 7) is 5.26. The highest BCUT2D eigenvalue weighted by Gasteiger charge is 2.24. The summed E-state index contributed by atoms with van der Waals surface area (Å²) in [5.74, 6) is -0.125. The first-order chi connectivity index (χ1) is 13.7. The Morgan fingerprint density at radius 1 is 1.17 bits per heavy atom. The molecule has 0 radical (unpaired) electrons. The van der Waals surface area contributed by atoms with E-state index < -0.39 is 17.3 Å². The van der Waals surface area contributed by atoms with E-state index in [9.17, 15) is 14.7 Å². The van der Waals surface area contributed by atoms with Crippen LogP contribution in [-0.4, -0.2) is 37.1 Å². The Morgan fingerprint density at radius 2 is 1.90 bits per heavy atom. The second-order valence-corrected chi connectivity index (χ2v) is 7.34. The Morgan fingerprint density at radius 3 is 2.55 bits per heavy atom. The van der Waals surface area contributed by atoms with Crippen LogP contribution in [0, 0.1) is 5.41 Å². The second-order valence-electron chi connectivity index (χ2n) is 7.34. The second kappa shape index (κ2) is 8.09. The van der Waals surface area contributed by atoms with Crippen molar-refractivity contribution < 1.29 is 19.4 Å². The smallest absolute Gasteiger partial charge is 0.316 e. The van der Waals surface area contributed by atoms with Crippen LogP contribution in [-0.2, 0) is 11.3 Å². The van der Waals surface area contributed by atoms with Gasteiger partial charge in [-0.2, -0.15) is 5.10 Å². The van der Waals surface area contributed by atoms with Crippen molar-refractivity contribution in [2.24, 2.45) is 5.41 Å². The number of ether oxygens (including phenoxy) is 1. The molecule has 9 heteroatoms. The number of esters is 1. The molecule has 150 valence electrons. The van der Waals surface area contributed by atoms with Gasteiger partial charge in [0.05, 0.1) is 17.5 Å². The Hall–Kier alpha value is -3.75. The van der Waals surface area contributed by atoms with E-state index in [4.69, 9.17) is 4.74 Å². The zero-order valence-electron chi connectivity index (χ0n) is 16.3. The van der Waals surface area contributed by atoms with Gasteiger partial charge < -0.3 is 15.2 Å². The molecule has 0 unspecified atom stereocenters. The summed E-state index contributed by atoms with van der Waals surface area (Å²) in [5, 5.41) is 19.6. The molecule has 0 saturated carbocycles. The van der Waals surface area contributed by atoms with Crippen LogP contribution in [0.4, 0.5) is 0 Å². The predicted octanol–water partition coefficient (Wildman–Crippen LogP) is 2.45. The first-order valence-corrected chi connectivity index (χ1v) is 8.89. The van der Waals surface area contributed by atoms with E-state index >= 15 is 0 Å². The van der Waals surface area contributed by atoms with E-state index in [-0.39, 0.29) is 23.6 Å². The summed E-state index contributed by atoms with van der Waals surface area (Å²) in [6.07, 6.45) is 3.27. The molecule has 0 bridgehead atoms. The lowest BCUT2D eigenvalue weighted by molar-refractivity contribution is -0.143. The van der Waals surface area contributed by atoms with Gasteiger partial charge in [-0.3, -0.25) is 19.7 Å². The summed E-state index contributed by atoms with van der Waals surface area (Å²) in [6, 6.07) is 7.62. The van der Waals surface area contributed by atoms with E-state index in [1.165, 1.54) is 18.2 Å². The van der Waals surface area contributed by atoms with Crippen molar-refractivity contribution >= 4 is 11.9 Å². The number of phenolic OH excluding ortho intramolecular Hbond substituents is 1.